The van der Waals surface area contributed by atoms with Gasteiger partial charge in [-0.25, -0.2) is 4.99 Å². The molecule has 0 bridgehead atoms. The first-order valence-corrected chi connectivity index (χ1v) is 12.8. The van der Waals surface area contributed by atoms with Crippen LogP contribution in [-0.4, -0.2) is 86.1 Å². The predicted octanol–water partition coefficient (Wildman–Crippen LogP) is 4.01. The third kappa shape index (κ3) is 12.4. The molecule has 0 amide bonds. The van der Waals surface area contributed by atoms with E-state index in [2.05, 4.69) is 84.3 Å². The monoisotopic (exact) mass is 572 g/mol. The highest BCUT2D eigenvalue weighted by Crippen LogP contribution is 2.11. The van der Waals surface area contributed by atoms with E-state index in [0.29, 0.717) is 12.6 Å². The third-order valence-corrected chi connectivity index (χ3v) is 6.39. The molecular formula is C26H49IN6. The summed E-state index contributed by atoms with van der Waals surface area (Å²) < 4.78 is 0. The van der Waals surface area contributed by atoms with E-state index in [9.17, 15) is 0 Å². The molecule has 1 aromatic carbocycles. The molecule has 6 nitrogen and oxygen atoms in total. The maximum absolute atomic E-state index is 4.83. The van der Waals surface area contributed by atoms with Crippen molar-refractivity contribution in [3.63, 3.8) is 0 Å². The van der Waals surface area contributed by atoms with Crippen LogP contribution in [0.3, 0.4) is 0 Å². The first-order valence-electron chi connectivity index (χ1n) is 12.8. The predicted molar refractivity (Wildman–Crippen MR) is 154 cm³/mol. The van der Waals surface area contributed by atoms with Gasteiger partial charge in [-0.15, -0.1) is 24.0 Å². The van der Waals surface area contributed by atoms with Crippen LogP contribution >= 0.6 is 24.0 Å². The van der Waals surface area contributed by atoms with E-state index in [0.717, 1.165) is 45.1 Å². The van der Waals surface area contributed by atoms with Crippen molar-refractivity contribution in [2.75, 3.05) is 59.4 Å². The SMILES string of the molecule is CCNC(=NCc1ccc(CN2CCCN(C)CC2)cc1)NC(C)CCCN(CC)CC.I. The molecule has 0 saturated carbocycles. The quantitative estimate of drug-likeness (QED) is 0.225. The Bertz CT molecular complexity index is 647. The second kappa shape index (κ2) is 17.5. The van der Waals surface area contributed by atoms with E-state index < -0.39 is 0 Å². The van der Waals surface area contributed by atoms with Gasteiger partial charge in [0.15, 0.2) is 5.96 Å². The number of rotatable bonds is 12. The van der Waals surface area contributed by atoms with Gasteiger partial charge in [-0.3, -0.25) is 4.90 Å². The summed E-state index contributed by atoms with van der Waals surface area (Å²) in [5.74, 6) is 0.917. The summed E-state index contributed by atoms with van der Waals surface area (Å²) in [5.41, 5.74) is 2.66. The lowest BCUT2D eigenvalue weighted by molar-refractivity contribution is 0.269. The molecular weight excluding hydrogens is 523 g/mol. The third-order valence-electron chi connectivity index (χ3n) is 6.39. The topological polar surface area (TPSA) is 46.1 Å². The molecule has 190 valence electrons. The van der Waals surface area contributed by atoms with Crippen LogP contribution in [0.2, 0.25) is 0 Å². The summed E-state index contributed by atoms with van der Waals surface area (Å²) >= 11 is 0. The fourth-order valence-corrected chi connectivity index (χ4v) is 4.22. The molecule has 7 heteroatoms. The second-order valence-electron chi connectivity index (χ2n) is 9.16. The molecule has 0 spiro atoms. The zero-order chi connectivity index (χ0) is 23.2. The molecule has 0 aromatic heterocycles. The van der Waals surface area contributed by atoms with Crippen LogP contribution < -0.4 is 10.6 Å². The fourth-order valence-electron chi connectivity index (χ4n) is 4.22. The molecule has 1 unspecified atom stereocenters. The van der Waals surface area contributed by atoms with Gasteiger partial charge in [-0.1, -0.05) is 38.1 Å². The summed E-state index contributed by atoms with van der Waals surface area (Å²) in [5, 5.41) is 6.98. The Morgan fingerprint density at radius 2 is 1.73 bits per heavy atom. The number of nitrogens with zero attached hydrogens (tertiary/aromatic N) is 4. The van der Waals surface area contributed by atoms with Crippen molar-refractivity contribution in [1.29, 1.82) is 0 Å². The van der Waals surface area contributed by atoms with Crippen LogP contribution in [0.15, 0.2) is 29.3 Å². The maximum atomic E-state index is 4.83. The van der Waals surface area contributed by atoms with Crippen molar-refractivity contribution in [1.82, 2.24) is 25.3 Å². The van der Waals surface area contributed by atoms with Crippen LogP contribution in [0.25, 0.3) is 0 Å². The number of hydrogen-bond donors (Lipinski definition) is 2. The van der Waals surface area contributed by atoms with E-state index in [-0.39, 0.29) is 24.0 Å². The molecule has 1 aromatic rings. The number of hydrogen-bond acceptors (Lipinski definition) is 4. The Hall–Kier alpha value is -0.900. The first-order chi connectivity index (χ1) is 15.5. The molecule has 1 aliphatic rings. The van der Waals surface area contributed by atoms with Gasteiger partial charge in [-0.05, 0) is 84.0 Å². The Kier molecular flexibility index (Phi) is 16.0. The van der Waals surface area contributed by atoms with E-state index in [1.165, 1.54) is 50.1 Å². The Morgan fingerprint density at radius 1 is 1.03 bits per heavy atom. The minimum atomic E-state index is 0. The molecule has 1 heterocycles. The number of halogens is 1. The highest BCUT2D eigenvalue weighted by atomic mass is 127. The Morgan fingerprint density at radius 3 is 2.39 bits per heavy atom. The molecule has 1 aliphatic heterocycles. The van der Waals surface area contributed by atoms with Crippen molar-refractivity contribution < 1.29 is 0 Å². The average molecular weight is 573 g/mol. The number of nitrogens with one attached hydrogen (secondary N) is 2. The van der Waals surface area contributed by atoms with Crippen LogP contribution in [0.1, 0.15) is 58.1 Å². The largest absolute Gasteiger partial charge is 0.357 e. The van der Waals surface area contributed by atoms with Crippen molar-refractivity contribution in [2.45, 2.75) is 66.1 Å². The summed E-state index contributed by atoms with van der Waals surface area (Å²) in [6.07, 6.45) is 3.63. The van der Waals surface area contributed by atoms with Crippen molar-refractivity contribution >= 4 is 29.9 Å². The summed E-state index contributed by atoms with van der Waals surface area (Å²) in [4.78, 5) is 12.3. The Balaban J connectivity index is 0.00000544. The van der Waals surface area contributed by atoms with Gasteiger partial charge in [0.1, 0.15) is 0 Å². The zero-order valence-electron chi connectivity index (χ0n) is 21.8. The molecule has 0 aliphatic carbocycles. The van der Waals surface area contributed by atoms with Crippen molar-refractivity contribution in [2.24, 2.45) is 4.99 Å². The lowest BCUT2D eigenvalue weighted by Gasteiger charge is -2.21. The molecule has 2 N–H and O–H groups in total. The van der Waals surface area contributed by atoms with Gasteiger partial charge < -0.3 is 20.4 Å². The molecule has 33 heavy (non-hydrogen) atoms. The summed E-state index contributed by atoms with van der Waals surface area (Å²) in [7, 11) is 2.22. The van der Waals surface area contributed by atoms with Gasteiger partial charge in [-0.2, -0.15) is 0 Å². The first kappa shape index (κ1) is 30.1. The van der Waals surface area contributed by atoms with E-state index in [1.807, 2.05) is 0 Å². The van der Waals surface area contributed by atoms with E-state index >= 15 is 0 Å². The van der Waals surface area contributed by atoms with Crippen molar-refractivity contribution in [3.05, 3.63) is 35.4 Å². The number of guanidine groups is 1. The molecule has 1 atom stereocenters. The standard InChI is InChI=1S/C26H48N6.HI/c1-6-27-26(29-23(4)11-9-17-31(7-2)8-3)28-21-24-12-14-25(15-13-24)22-32-18-10-16-30(5)19-20-32;/h12-15,23H,6-11,16-22H2,1-5H3,(H2,27,28,29);1H. The average Bonchev–Trinajstić information content (AvgIpc) is 3.00. The maximum Gasteiger partial charge on any atom is 0.191 e. The van der Waals surface area contributed by atoms with Crippen molar-refractivity contribution in [3.8, 4) is 0 Å². The summed E-state index contributed by atoms with van der Waals surface area (Å²) in [6, 6.07) is 9.43. The van der Waals surface area contributed by atoms with Gasteiger partial charge in [0.25, 0.3) is 0 Å². The molecule has 1 saturated heterocycles. The van der Waals surface area contributed by atoms with Gasteiger partial charge in [0, 0.05) is 32.2 Å². The number of benzene rings is 1. The molecule has 0 radical (unpaired) electrons. The van der Waals surface area contributed by atoms with E-state index in [1.54, 1.807) is 0 Å². The van der Waals surface area contributed by atoms with Crippen LogP contribution in [-0.2, 0) is 13.1 Å². The highest BCUT2D eigenvalue weighted by molar-refractivity contribution is 14.0. The second-order valence-corrected chi connectivity index (χ2v) is 9.16. The lowest BCUT2D eigenvalue weighted by atomic mass is 10.1. The highest BCUT2D eigenvalue weighted by Gasteiger charge is 2.12. The molecule has 2 rings (SSSR count). The van der Waals surface area contributed by atoms with Gasteiger partial charge in [0.2, 0.25) is 0 Å². The Labute approximate surface area is 220 Å². The minimum absolute atomic E-state index is 0. The smallest absolute Gasteiger partial charge is 0.191 e. The zero-order valence-corrected chi connectivity index (χ0v) is 24.1. The van der Waals surface area contributed by atoms with Gasteiger partial charge >= 0.3 is 0 Å². The minimum Gasteiger partial charge on any atom is -0.357 e. The number of likely N-dealkylation sites (N-methyl/N-ethyl adjacent to an activating group) is 1. The van der Waals surface area contributed by atoms with E-state index in [4.69, 9.17) is 4.99 Å². The van der Waals surface area contributed by atoms with Crippen LogP contribution in [0.4, 0.5) is 0 Å². The normalized spacial score (nSPS) is 16.8. The lowest BCUT2D eigenvalue weighted by Crippen LogP contribution is -2.42. The van der Waals surface area contributed by atoms with Crippen LogP contribution in [0.5, 0.6) is 0 Å². The molecule has 1 fully saturated rings. The fraction of sp³-hybridized carbons (Fsp3) is 0.731. The van der Waals surface area contributed by atoms with Gasteiger partial charge in [0.05, 0.1) is 6.54 Å². The summed E-state index contributed by atoms with van der Waals surface area (Å²) in [6.45, 7) is 19.7. The van der Waals surface area contributed by atoms with Crippen LogP contribution in [0, 0.1) is 0 Å². The number of aliphatic imine (C=N–C) groups is 1.